The summed E-state index contributed by atoms with van der Waals surface area (Å²) in [5.74, 6) is 0.0897. The van der Waals surface area contributed by atoms with E-state index >= 15 is 0 Å². The molecule has 0 unspecified atom stereocenters. The summed E-state index contributed by atoms with van der Waals surface area (Å²) >= 11 is 0. The monoisotopic (exact) mass is 148 g/mol. The van der Waals surface area contributed by atoms with Crippen molar-refractivity contribution in [2.75, 3.05) is 6.61 Å². The second-order valence-corrected chi connectivity index (χ2v) is 2.57. The van der Waals surface area contributed by atoms with Gasteiger partial charge in [-0.1, -0.05) is 24.3 Å². The third-order valence-electron chi connectivity index (χ3n) is 1.81. The summed E-state index contributed by atoms with van der Waals surface area (Å²) in [4.78, 5) is 11.2. The minimum Gasteiger partial charge on any atom is -0.369 e. The summed E-state index contributed by atoms with van der Waals surface area (Å²) < 4.78 is 5.06. The van der Waals surface area contributed by atoms with E-state index in [0.717, 1.165) is 11.1 Å². The van der Waals surface area contributed by atoms with Crippen molar-refractivity contribution in [1.29, 1.82) is 0 Å². The molecule has 56 valence electrons. The predicted octanol–water partition coefficient (Wildman–Crippen LogP) is 1.40. The SMILES string of the molecule is O=C1COCc2ccccc21. The largest absolute Gasteiger partial charge is 0.369 e. The lowest BCUT2D eigenvalue weighted by molar-refractivity contribution is 0.0665. The van der Waals surface area contributed by atoms with Crippen LogP contribution in [0.1, 0.15) is 15.9 Å². The standard InChI is InChI=1S/C9H8O2/c10-9-6-11-5-7-3-1-2-4-8(7)9/h1-4H,5-6H2. The van der Waals surface area contributed by atoms with Crippen molar-refractivity contribution >= 4 is 5.78 Å². The van der Waals surface area contributed by atoms with Crippen LogP contribution in [0, 0.1) is 0 Å². The number of benzene rings is 1. The topological polar surface area (TPSA) is 26.3 Å². The zero-order chi connectivity index (χ0) is 7.68. The second-order valence-electron chi connectivity index (χ2n) is 2.57. The molecule has 0 atom stereocenters. The molecular weight excluding hydrogens is 140 g/mol. The average molecular weight is 148 g/mol. The lowest BCUT2D eigenvalue weighted by Crippen LogP contribution is -2.17. The van der Waals surface area contributed by atoms with E-state index in [1.54, 1.807) is 0 Å². The Morgan fingerprint density at radius 3 is 2.82 bits per heavy atom. The summed E-state index contributed by atoms with van der Waals surface area (Å²) in [5, 5.41) is 0. The van der Waals surface area contributed by atoms with Crippen molar-refractivity contribution in [3.05, 3.63) is 35.4 Å². The van der Waals surface area contributed by atoms with Gasteiger partial charge in [0.2, 0.25) is 0 Å². The van der Waals surface area contributed by atoms with Gasteiger partial charge in [-0.15, -0.1) is 0 Å². The molecule has 2 heteroatoms. The van der Waals surface area contributed by atoms with Crippen LogP contribution in [0.4, 0.5) is 0 Å². The first-order valence-electron chi connectivity index (χ1n) is 3.57. The Morgan fingerprint density at radius 2 is 2.00 bits per heavy atom. The van der Waals surface area contributed by atoms with Gasteiger partial charge in [-0.25, -0.2) is 0 Å². The van der Waals surface area contributed by atoms with Gasteiger partial charge in [0.05, 0.1) is 6.61 Å². The lowest BCUT2D eigenvalue weighted by atomic mass is 10.0. The molecule has 0 bridgehead atoms. The molecule has 0 N–H and O–H groups in total. The Balaban J connectivity index is 2.52. The number of ketones is 1. The Hall–Kier alpha value is -1.15. The van der Waals surface area contributed by atoms with Crippen molar-refractivity contribution in [3.8, 4) is 0 Å². The zero-order valence-corrected chi connectivity index (χ0v) is 6.04. The number of hydrogen-bond donors (Lipinski definition) is 0. The molecule has 0 aromatic heterocycles. The first-order chi connectivity index (χ1) is 5.38. The van der Waals surface area contributed by atoms with Gasteiger partial charge in [0.25, 0.3) is 0 Å². The predicted molar refractivity (Wildman–Crippen MR) is 40.4 cm³/mol. The fourth-order valence-electron chi connectivity index (χ4n) is 1.25. The number of Topliss-reactive ketones (excluding diaryl/α,β-unsaturated/α-hetero) is 1. The van der Waals surface area contributed by atoms with Crippen molar-refractivity contribution in [2.24, 2.45) is 0 Å². The maximum absolute atomic E-state index is 11.2. The van der Waals surface area contributed by atoms with E-state index in [4.69, 9.17) is 4.74 Å². The van der Waals surface area contributed by atoms with Gasteiger partial charge in [-0.05, 0) is 5.56 Å². The Labute approximate surface area is 64.8 Å². The van der Waals surface area contributed by atoms with E-state index in [1.165, 1.54) is 0 Å². The Bertz CT molecular complexity index is 291. The van der Waals surface area contributed by atoms with Crippen molar-refractivity contribution in [2.45, 2.75) is 6.61 Å². The highest BCUT2D eigenvalue weighted by atomic mass is 16.5. The second kappa shape index (κ2) is 2.47. The molecule has 0 fully saturated rings. The van der Waals surface area contributed by atoms with E-state index in [9.17, 15) is 4.79 Å². The first kappa shape index (κ1) is 6.55. The third-order valence-corrected chi connectivity index (χ3v) is 1.81. The highest BCUT2D eigenvalue weighted by Crippen LogP contribution is 2.15. The number of fused-ring (bicyclic) bond motifs is 1. The average Bonchev–Trinajstić information content (AvgIpc) is 2.06. The van der Waals surface area contributed by atoms with E-state index in [2.05, 4.69) is 0 Å². The number of carbonyl (C=O) groups is 1. The first-order valence-corrected chi connectivity index (χ1v) is 3.57. The molecule has 1 aliphatic heterocycles. The van der Waals surface area contributed by atoms with Gasteiger partial charge in [0, 0.05) is 5.56 Å². The van der Waals surface area contributed by atoms with E-state index in [-0.39, 0.29) is 12.4 Å². The van der Waals surface area contributed by atoms with Crippen LogP contribution in [0.2, 0.25) is 0 Å². The van der Waals surface area contributed by atoms with Gasteiger partial charge < -0.3 is 4.74 Å². The van der Waals surface area contributed by atoms with Crippen LogP contribution in [-0.2, 0) is 11.3 Å². The molecule has 1 heterocycles. The molecule has 2 rings (SSSR count). The summed E-state index contributed by atoms with van der Waals surface area (Å²) in [5.41, 5.74) is 1.82. The number of hydrogen-bond acceptors (Lipinski definition) is 2. The molecule has 1 aromatic rings. The van der Waals surface area contributed by atoms with Crippen molar-refractivity contribution in [1.82, 2.24) is 0 Å². The molecule has 0 saturated heterocycles. The highest BCUT2D eigenvalue weighted by Gasteiger charge is 2.15. The van der Waals surface area contributed by atoms with Gasteiger partial charge in [-0.3, -0.25) is 4.79 Å². The van der Waals surface area contributed by atoms with Crippen LogP contribution in [0.25, 0.3) is 0 Å². The Kier molecular flexibility index (Phi) is 1.47. The fourth-order valence-corrected chi connectivity index (χ4v) is 1.25. The molecule has 0 spiro atoms. The molecule has 2 nitrogen and oxygen atoms in total. The van der Waals surface area contributed by atoms with E-state index in [1.807, 2.05) is 24.3 Å². The van der Waals surface area contributed by atoms with Crippen LogP contribution in [-0.4, -0.2) is 12.4 Å². The molecular formula is C9H8O2. The van der Waals surface area contributed by atoms with Crippen molar-refractivity contribution in [3.63, 3.8) is 0 Å². The lowest BCUT2D eigenvalue weighted by Gasteiger charge is -2.13. The maximum Gasteiger partial charge on any atom is 0.188 e. The molecule has 1 aromatic carbocycles. The van der Waals surface area contributed by atoms with Crippen LogP contribution < -0.4 is 0 Å². The quantitative estimate of drug-likeness (QED) is 0.556. The van der Waals surface area contributed by atoms with Gasteiger partial charge in [0.1, 0.15) is 6.61 Å². The van der Waals surface area contributed by atoms with Crippen LogP contribution >= 0.6 is 0 Å². The summed E-state index contributed by atoms with van der Waals surface area (Å²) in [6, 6.07) is 7.56. The van der Waals surface area contributed by atoms with Gasteiger partial charge in [-0.2, -0.15) is 0 Å². The van der Waals surface area contributed by atoms with E-state index in [0.29, 0.717) is 6.61 Å². The fraction of sp³-hybridized carbons (Fsp3) is 0.222. The summed E-state index contributed by atoms with van der Waals surface area (Å²) in [7, 11) is 0. The molecule has 0 radical (unpaired) electrons. The maximum atomic E-state index is 11.2. The van der Waals surface area contributed by atoms with Crippen LogP contribution in [0.3, 0.4) is 0 Å². The number of ether oxygens (including phenoxy) is 1. The zero-order valence-electron chi connectivity index (χ0n) is 6.04. The van der Waals surface area contributed by atoms with E-state index < -0.39 is 0 Å². The minimum absolute atomic E-state index is 0.0897. The van der Waals surface area contributed by atoms with Crippen LogP contribution in [0.5, 0.6) is 0 Å². The highest BCUT2D eigenvalue weighted by molar-refractivity contribution is 5.99. The third kappa shape index (κ3) is 1.05. The molecule has 0 amide bonds. The van der Waals surface area contributed by atoms with Gasteiger partial charge >= 0.3 is 0 Å². The summed E-state index contributed by atoms with van der Waals surface area (Å²) in [6.07, 6.45) is 0. The molecule has 0 aliphatic carbocycles. The molecule has 1 aliphatic rings. The smallest absolute Gasteiger partial charge is 0.188 e. The van der Waals surface area contributed by atoms with Crippen molar-refractivity contribution < 1.29 is 9.53 Å². The minimum atomic E-state index is 0.0897. The van der Waals surface area contributed by atoms with Gasteiger partial charge in [0.15, 0.2) is 5.78 Å². The molecule has 0 saturated carbocycles. The van der Waals surface area contributed by atoms with Crippen LogP contribution in [0.15, 0.2) is 24.3 Å². The number of carbonyl (C=O) groups excluding carboxylic acids is 1. The Morgan fingerprint density at radius 1 is 1.18 bits per heavy atom. The number of rotatable bonds is 0. The normalized spacial score (nSPS) is 16.2. The summed E-state index contributed by atoms with van der Waals surface area (Å²) in [6.45, 7) is 0.804. The molecule has 11 heavy (non-hydrogen) atoms.